The summed E-state index contributed by atoms with van der Waals surface area (Å²) in [6.45, 7) is 0.557. The van der Waals surface area contributed by atoms with E-state index in [0.717, 1.165) is 24.7 Å². The lowest BCUT2D eigenvalue weighted by atomic mass is 9.86. The lowest BCUT2D eigenvalue weighted by molar-refractivity contribution is 0.0998. The van der Waals surface area contributed by atoms with E-state index in [1.165, 1.54) is 6.08 Å². The number of carbonyl (C=O) groups is 2. The van der Waals surface area contributed by atoms with Crippen molar-refractivity contribution < 1.29 is 14.3 Å². The Morgan fingerprint density at radius 3 is 2.46 bits per heavy atom. The normalized spacial score (nSPS) is 13.4. The first-order valence-electron chi connectivity index (χ1n) is 8.34. The zero-order valence-corrected chi connectivity index (χ0v) is 13.7. The Labute approximate surface area is 142 Å². The molecule has 0 aliphatic heterocycles. The van der Waals surface area contributed by atoms with E-state index in [1.807, 2.05) is 30.3 Å². The third kappa shape index (κ3) is 3.18. The van der Waals surface area contributed by atoms with Crippen LogP contribution in [0.3, 0.4) is 0 Å². The fourth-order valence-corrected chi connectivity index (χ4v) is 2.88. The molecule has 2 aromatic rings. The van der Waals surface area contributed by atoms with Crippen LogP contribution >= 0.6 is 0 Å². The van der Waals surface area contributed by atoms with Crippen LogP contribution in [0.15, 0.2) is 54.6 Å². The van der Waals surface area contributed by atoms with Crippen molar-refractivity contribution in [2.75, 3.05) is 6.61 Å². The number of hydrogen-bond acceptors (Lipinski definition) is 3. The van der Waals surface area contributed by atoms with E-state index in [0.29, 0.717) is 29.1 Å². The van der Waals surface area contributed by atoms with Gasteiger partial charge in [0.1, 0.15) is 13.6 Å². The zero-order valence-electron chi connectivity index (χ0n) is 13.7. The molecular weight excluding hydrogens is 299 g/mol. The Kier molecular flexibility index (Phi) is 4.95. The molecule has 0 fully saturated rings. The summed E-state index contributed by atoms with van der Waals surface area (Å²) >= 11 is 0. The van der Waals surface area contributed by atoms with Gasteiger partial charge in [0.05, 0.1) is 12.2 Å². The van der Waals surface area contributed by atoms with E-state index in [1.54, 1.807) is 18.2 Å². The smallest absolute Gasteiger partial charge is 0.194 e. The molecule has 1 aliphatic carbocycles. The second-order valence-corrected chi connectivity index (χ2v) is 5.85. The molecule has 3 rings (SSSR count). The number of unbranched alkanes of at least 4 members (excludes halogenated alkanes) is 1. The molecule has 0 saturated carbocycles. The first-order valence-corrected chi connectivity index (χ1v) is 8.34. The Morgan fingerprint density at radius 1 is 0.917 bits per heavy atom. The molecule has 3 nitrogen and oxygen atoms in total. The highest BCUT2D eigenvalue weighted by Crippen LogP contribution is 2.33. The van der Waals surface area contributed by atoms with Crippen molar-refractivity contribution in [1.29, 1.82) is 0 Å². The maximum atomic E-state index is 12.8. The molecule has 0 N–H and O–H groups in total. The Balaban J connectivity index is 1.92. The van der Waals surface area contributed by atoms with Crippen LogP contribution < -0.4 is 4.74 Å². The standard InChI is InChI=1S/C20H19BO3/c21-11-4-5-12-24-18-10-6-9-15-19(18)17(22)13-16(20(15)23)14-7-2-1-3-8-14/h1-3,6-10,13H,4-5,11-12,21H2. The van der Waals surface area contributed by atoms with Crippen LogP contribution in [-0.4, -0.2) is 26.0 Å². The van der Waals surface area contributed by atoms with Gasteiger partial charge < -0.3 is 4.74 Å². The minimum Gasteiger partial charge on any atom is -0.493 e. The fourth-order valence-electron chi connectivity index (χ4n) is 2.88. The van der Waals surface area contributed by atoms with Crippen molar-refractivity contribution in [2.24, 2.45) is 0 Å². The van der Waals surface area contributed by atoms with Crippen LogP contribution in [0.2, 0.25) is 6.32 Å². The summed E-state index contributed by atoms with van der Waals surface area (Å²) in [4.78, 5) is 25.4. The monoisotopic (exact) mass is 318 g/mol. The molecule has 0 atom stereocenters. The predicted octanol–water partition coefficient (Wildman–Crippen LogP) is 3.36. The highest BCUT2D eigenvalue weighted by molar-refractivity contribution is 6.39. The Bertz CT molecular complexity index is 794. The number of hydrogen-bond donors (Lipinski definition) is 0. The second kappa shape index (κ2) is 7.30. The maximum Gasteiger partial charge on any atom is 0.194 e. The van der Waals surface area contributed by atoms with E-state index in [9.17, 15) is 9.59 Å². The third-order valence-corrected chi connectivity index (χ3v) is 4.13. The summed E-state index contributed by atoms with van der Waals surface area (Å²) in [5.41, 5.74) is 2.01. The minimum absolute atomic E-state index is 0.130. The molecular formula is C20H19BO3. The van der Waals surface area contributed by atoms with Crippen molar-refractivity contribution in [3.05, 3.63) is 71.3 Å². The number of rotatable bonds is 6. The van der Waals surface area contributed by atoms with Gasteiger partial charge in [0.25, 0.3) is 0 Å². The molecule has 4 heteroatoms. The van der Waals surface area contributed by atoms with Crippen LogP contribution in [0, 0.1) is 0 Å². The summed E-state index contributed by atoms with van der Waals surface area (Å²) in [6, 6.07) is 14.5. The quantitative estimate of drug-likeness (QED) is 0.606. The zero-order chi connectivity index (χ0) is 16.9. The molecule has 0 saturated heterocycles. The number of Topliss-reactive ketones (excluding diaryl/α,β-unsaturated/α-hetero) is 1. The molecule has 0 aromatic heterocycles. The average Bonchev–Trinajstić information content (AvgIpc) is 2.62. The lowest BCUT2D eigenvalue weighted by Crippen LogP contribution is -2.17. The topological polar surface area (TPSA) is 43.4 Å². The summed E-state index contributed by atoms with van der Waals surface area (Å²) < 4.78 is 5.76. The van der Waals surface area contributed by atoms with Gasteiger partial charge >= 0.3 is 0 Å². The minimum atomic E-state index is -0.172. The number of ketones is 2. The SMILES string of the molecule is BCCCCOc1cccc2c1C(=O)C=C(c1ccccc1)C2=O. The van der Waals surface area contributed by atoms with E-state index >= 15 is 0 Å². The molecule has 0 spiro atoms. The van der Waals surface area contributed by atoms with Gasteiger partial charge in [-0.1, -0.05) is 55.2 Å². The number of carbonyl (C=O) groups excluding carboxylic acids is 2. The lowest BCUT2D eigenvalue weighted by Gasteiger charge is -2.18. The Morgan fingerprint density at radius 2 is 1.71 bits per heavy atom. The summed E-state index contributed by atoms with van der Waals surface area (Å²) in [5, 5.41) is 0. The predicted molar refractivity (Wildman–Crippen MR) is 97.6 cm³/mol. The van der Waals surface area contributed by atoms with Crippen molar-refractivity contribution in [2.45, 2.75) is 19.2 Å². The average molecular weight is 318 g/mol. The van der Waals surface area contributed by atoms with Gasteiger partial charge in [-0.05, 0) is 24.1 Å². The van der Waals surface area contributed by atoms with Crippen molar-refractivity contribution in [3.63, 3.8) is 0 Å². The summed E-state index contributed by atoms with van der Waals surface area (Å²) in [5.74, 6) is 0.203. The number of benzene rings is 2. The van der Waals surface area contributed by atoms with Crippen LogP contribution in [0.25, 0.3) is 5.57 Å². The van der Waals surface area contributed by atoms with Gasteiger partial charge in [0, 0.05) is 11.1 Å². The van der Waals surface area contributed by atoms with Crippen molar-refractivity contribution >= 4 is 25.0 Å². The molecule has 0 bridgehead atoms. The van der Waals surface area contributed by atoms with Gasteiger partial charge in [0.15, 0.2) is 11.6 Å². The molecule has 0 amide bonds. The number of fused-ring (bicyclic) bond motifs is 1. The highest BCUT2D eigenvalue weighted by atomic mass is 16.5. The second-order valence-electron chi connectivity index (χ2n) is 5.85. The van der Waals surface area contributed by atoms with Crippen LogP contribution in [0.4, 0.5) is 0 Å². The van der Waals surface area contributed by atoms with Gasteiger partial charge in [-0.3, -0.25) is 9.59 Å². The van der Waals surface area contributed by atoms with Crippen LogP contribution in [0.1, 0.15) is 39.1 Å². The van der Waals surface area contributed by atoms with Gasteiger partial charge in [-0.2, -0.15) is 0 Å². The van der Waals surface area contributed by atoms with Crippen molar-refractivity contribution in [3.8, 4) is 5.75 Å². The first-order chi connectivity index (χ1) is 11.7. The summed E-state index contributed by atoms with van der Waals surface area (Å²) in [6.07, 6.45) is 4.56. The molecule has 2 aromatic carbocycles. The maximum absolute atomic E-state index is 12.8. The Hall–Kier alpha value is -2.62. The van der Waals surface area contributed by atoms with Gasteiger partial charge in [-0.15, -0.1) is 0 Å². The van der Waals surface area contributed by atoms with E-state index in [2.05, 4.69) is 7.85 Å². The van der Waals surface area contributed by atoms with E-state index in [4.69, 9.17) is 4.74 Å². The summed E-state index contributed by atoms with van der Waals surface area (Å²) in [7, 11) is 2.13. The van der Waals surface area contributed by atoms with Crippen LogP contribution in [-0.2, 0) is 0 Å². The van der Waals surface area contributed by atoms with E-state index in [-0.39, 0.29) is 11.6 Å². The van der Waals surface area contributed by atoms with Gasteiger partial charge in [-0.25, -0.2) is 0 Å². The highest BCUT2D eigenvalue weighted by Gasteiger charge is 2.29. The largest absolute Gasteiger partial charge is 0.493 e. The van der Waals surface area contributed by atoms with Crippen LogP contribution in [0.5, 0.6) is 5.75 Å². The van der Waals surface area contributed by atoms with Crippen molar-refractivity contribution in [1.82, 2.24) is 0 Å². The molecule has 0 heterocycles. The molecule has 1 aliphatic rings. The fraction of sp³-hybridized carbons (Fsp3) is 0.200. The third-order valence-electron chi connectivity index (χ3n) is 4.13. The molecule has 0 unspecified atom stereocenters. The van der Waals surface area contributed by atoms with E-state index < -0.39 is 0 Å². The first kappa shape index (κ1) is 16.3. The molecule has 120 valence electrons. The number of ether oxygens (including phenoxy) is 1. The van der Waals surface area contributed by atoms with Gasteiger partial charge in [0.2, 0.25) is 0 Å². The molecule has 0 radical (unpaired) electrons. The number of allylic oxidation sites excluding steroid dienone is 2. The molecule has 24 heavy (non-hydrogen) atoms.